The van der Waals surface area contributed by atoms with Crippen LogP contribution in [0.3, 0.4) is 0 Å². The second kappa shape index (κ2) is 14.7. The van der Waals surface area contributed by atoms with Crippen LogP contribution in [0.2, 0.25) is 10.0 Å². The van der Waals surface area contributed by atoms with Crippen molar-refractivity contribution in [2.75, 3.05) is 6.54 Å². The van der Waals surface area contributed by atoms with Gasteiger partial charge < -0.3 is 46.6 Å². The molecule has 2 heterocycles. The maximum Gasteiger partial charge on any atom is 0.249 e. The van der Waals surface area contributed by atoms with Crippen LogP contribution in [0.4, 0.5) is 0 Å². The number of rotatable bonds is 9. The summed E-state index contributed by atoms with van der Waals surface area (Å²) in [5.74, 6) is -2.44. The normalized spacial score (nSPS) is 27.9. The van der Waals surface area contributed by atoms with E-state index in [1.54, 1.807) is 0 Å². The number of likely N-dealkylation sites (tertiary alicyclic amines) is 2. The summed E-state index contributed by atoms with van der Waals surface area (Å²) in [5, 5.41) is 55.1. The largest absolute Gasteiger partial charge is 0.505 e. The lowest BCUT2D eigenvalue weighted by Crippen LogP contribution is -2.62. The van der Waals surface area contributed by atoms with Gasteiger partial charge in [0.05, 0.1) is 22.2 Å². The highest BCUT2D eigenvalue weighted by atomic mass is 35.5. The number of nitrogens with zero attached hydrogens (tertiary/aromatic N) is 2. The fraction of sp³-hybridized carbons (Fsp3) is 0.667. The van der Waals surface area contributed by atoms with E-state index in [0.29, 0.717) is 44.2 Å². The third-order valence-corrected chi connectivity index (χ3v) is 9.64. The van der Waals surface area contributed by atoms with Gasteiger partial charge in [0, 0.05) is 19.0 Å². The van der Waals surface area contributed by atoms with E-state index in [1.807, 2.05) is 13.8 Å². The first kappa shape index (κ1) is 35.0. The highest BCUT2D eigenvalue weighted by molar-refractivity contribution is 6.37. The Kier molecular flexibility index (Phi) is 11.5. The minimum absolute atomic E-state index is 0.0321. The lowest BCUT2D eigenvalue weighted by molar-refractivity contribution is -0.146. The summed E-state index contributed by atoms with van der Waals surface area (Å²) in [6.07, 6.45) is -0.461. The summed E-state index contributed by atoms with van der Waals surface area (Å²) in [4.78, 5) is 44.1. The topological polar surface area (TPSA) is 213 Å². The zero-order chi connectivity index (χ0) is 33.2. The minimum atomic E-state index is -1.57. The molecule has 8 atom stereocenters. The lowest BCUT2D eigenvalue weighted by Gasteiger charge is -2.40. The number of carbonyl (C=O) groups excluding carboxylic acids is 3. The van der Waals surface area contributed by atoms with Crippen LogP contribution in [0, 0.1) is 17.2 Å². The Morgan fingerprint density at radius 2 is 1.78 bits per heavy atom. The van der Waals surface area contributed by atoms with E-state index in [9.17, 15) is 34.8 Å². The Morgan fingerprint density at radius 1 is 1.11 bits per heavy atom. The van der Waals surface area contributed by atoms with Gasteiger partial charge in [0.25, 0.3) is 0 Å². The molecule has 0 radical (unpaired) electrons. The van der Waals surface area contributed by atoms with Gasteiger partial charge in [-0.2, -0.15) is 0 Å². The minimum Gasteiger partial charge on any atom is -0.505 e. The number of amides is 3. The molecule has 1 saturated carbocycles. The zero-order valence-corrected chi connectivity index (χ0v) is 27.0. The third kappa shape index (κ3) is 8.12. The van der Waals surface area contributed by atoms with Gasteiger partial charge in [-0.05, 0) is 74.5 Å². The number of nitrogens with two attached hydrogens (primary N) is 1. The van der Waals surface area contributed by atoms with Gasteiger partial charge in [-0.1, -0.05) is 37.0 Å². The molecule has 45 heavy (non-hydrogen) atoms. The standard InChI is InChI=1S/C30H44Cl2N6O7/c1-14(2)8-21(36-27(43)24(40)11-15-9-18(31)25(41)19(32)10-15)29(45)38-22-13-17(39)6-5-16(22)12-23(38)26(42)35-20-4-3-7-37(28(20)44)30(33)34/h9-10,14,16-17,20-24,28,39-41,44H,3-8,11-13H2,1-2H3,(H3,33,34)(H,35,42)(H,36,43). The number of aliphatic hydroxyl groups excluding tert-OH is 3. The number of fused-ring (bicyclic) bond motifs is 1. The van der Waals surface area contributed by atoms with Crippen LogP contribution in [0.25, 0.3) is 0 Å². The third-order valence-electron chi connectivity index (χ3n) is 9.07. The molecule has 2 aliphatic heterocycles. The van der Waals surface area contributed by atoms with Gasteiger partial charge >= 0.3 is 0 Å². The van der Waals surface area contributed by atoms with E-state index < -0.39 is 60.3 Å². The van der Waals surface area contributed by atoms with Crippen molar-refractivity contribution in [2.24, 2.45) is 17.6 Å². The molecule has 3 fully saturated rings. The number of hydrogen-bond donors (Lipinski definition) is 8. The van der Waals surface area contributed by atoms with Crippen molar-refractivity contribution in [3.05, 3.63) is 27.7 Å². The highest BCUT2D eigenvalue weighted by Crippen LogP contribution is 2.41. The Labute approximate surface area is 272 Å². The van der Waals surface area contributed by atoms with Gasteiger partial charge in [-0.15, -0.1) is 0 Å². The number of halogens is 2. The number of aromatic hydroxyl groups is 1. The summed E-state index contributed by atoms with van der Waals surface area (Å²) in [6, 6.07) is -0.340. The number of nitrogens with one attached hydrogen (secondary N) is 3. The van der Waals surface area contributed by atoms with Crippen LogP contribution in [0.5, 0.6) is 5.75 Å². The molecule has 15 heteroatoms. The molecule has 9 N–H and O–H groups in total. The van der Waals surface area contributed by atoms with Crippen molar-refractivity contribution >= 4 is 46.9 Å². The Balaban J connectivity index is 1.54. The number of carbonyl (C=O) groups is 3. The molecule has 4 rings (SSSR count). The number of hydrogen-bond acceptors (Lipinski definition) is 8. The molecule has 3 aliphatic rings. The number of phenols is 1. The average Bonchev–Trinajstić information content (AvgIpc) is 3.34. The van der Waals surface area contributed by atoms with Crippen molar-refractivity contribution in [3.63, 3.8) is 0 Å². The Bertz CT molecular complexity index is 1260. The molecule has 13 nitrogen and oxygen atoms in total. The SMILES string of the molecule is CC(C)CC(NC(=O)C(O)Cc1cc(Cl)c(O)c(Cl)c1)C(=O)N1C(C(=O)NC2CCCN(C(=N)N)C2O)CC2CCC(O)CC21. The lowest BCUT2D eigenvalue weighted by atomic mass is 9.83. The van der Waals surface area contributed by atoms with E-state index in [-0.39, 0.29) is 52.9 Å². The fourth-order valence-corrected chi connectivity index (χ4v) is 7.38. The van der Waals surface area contributed by atoms with Gasteiger partial charge in [-0.25, -0.2) is 0 Å². The molecule has 1 aromatic rings. The van der Waals surface area contributed by atoms with Crippen LogP contribution in [0.15, 0.2) is 12.1 Å². The molecule has 250 valence electrons. The maximum atomic E-state index is 14.3. The van der Waals surface area contributed by atoms with Crippen LogP contribution in [0.1, 0.15) is 64.4 Å². The van der Waals surface area contributed by atoms with Crippen molar-refractivity contribution in [1.29, 1.82) is 5.41 Å². The number of piperidine rings is 1. The van der Waals surface area contributed by atoms with Crippen LogP contribution in [-0.4, -0.2) is 103 Å². The first-order valence-corrected chi connectivity index (χ1v) is 16.2. The predicted octanol–water partition coefficient (Wildman–Crippen LogP) is 1.06. The number of aliphatic hydroxyl groups is 3. The molecule has 0 spiro atoms. The smallest absolute Gasteiger partial charge is 0.249 e. The average molecular weight is 672 g/mol. The molecule has 0 aromatic heterocycles. The molecule has 0 bridgehead atoms. The summed E-state index contributed by atoms with van der Waals surface area (Å²) in [5.41, 5.74) is 6.01. The second-order valence-electron chi connectivity index (χ2n) is 12.9. The van der Waals surface area contributed by atoms with E-state index >= 15 is 0 Å². The zero-order valence-electron chi connectivity index (χ0n) is 25.5. The Morgan fingerprint density at radius 3 is 2.40 bits per heavy atom. The van der Waals surface area contributed by atoms with Gasteiger partial charge in [0.15, 0.2) is 11.7 Å². The number of guanidine groups is 1. The van der Waals surface area contributed by atoms with Crippen LogP contribution in [-0.2, 0) is 20.8 Å². The van der Waals surface area contributed by atoms with Gasteiger partial charge in [0.2, 0.25) is 17.7 Å². The molecule has 1 aromatic carbocycles. The molecule has 3 amide bonds. The molecule has 2 saturated heterocycles. The summed E-state index contributed by atoms with van der Waals surface area (Å²) in [6.45, 7) is 4.15. The number of phenolic OH excluding ortho intramolecular Hbond substituents is 1. The number of benzene rings is 1. The molecular formula is C30H44Cl2N6O7. The van der Waals surface area contributed by atoms with E-state index in [0.717, 1.165) is 0 Å². The first-order chi connectivity index (χ1) is 21.2. The van der Waals surface area contributed by atoms with Crippen LogP contribution < -0.4 is 16.4 Å². The first-order valence-electron chi connectivity index (χ1n) is 15.4. The monoisotopic (exact) mass is 670 g/mol. The maximum absolute atomic E-state index is 14.3. The van der Waals surface area contributed by atoms with E-state index in [2.05, 4.69) is 10.6 Å². The summed E-state index contributed by atoms with van der Waals surface area (Å²) >= 11 is 12.0. The molecule has 1 aliphatic carbocycles. The van der Waals surface area contributed by atoms with E-state index in [4.69, 9.17) is 34.3 Å². The highest BCUT2D eigenvalue weighted by Gasteiger charge is 2.51. The van der Waals surface area contributed by atoms with Crippen molar-refractivity contribution in [2.45, 2.75) is 108 Å². The fourth-order valence-electron chi connectivity index (χ4n) is 6.85. The van der Waals surface area contributed by atoms with Crippen molar-refractivity contribution in [3.8, 4) is 5.75 Å². The van der Waals surface area contributed by atoms with E-state index in [1.165, 1.54) is 21.9 Å². The molecular weight excluding hydrogens is 627 g/mol. The summed E-state index contributed by atoms with van der Waals surface area (Å²) in [7, 11) is 0. The quantitative estimate of drug-likeness (QED) is 0.139. The Hall–Kier alpha value is -2.84. The van der Waals surface area contributed by atoms with Gasteiger partial charge in [-0.3, -0.25) is 19.8 Å². The molecule has 8 unspecified atom stereocenters. The second-order valence-corrected chi connectivity index (χ2v) is 13.7. The van der Waals surface area contributed by atoms with Gasteiger partial charge in [0.1, 0.15) is 24.4 Å². The van der Waals surface area contributed by atoms with Crippen LogP contribution >= 0.6 is 23.2 Å². The summed E-state index contributed by atoms with van der Waals surface area (Å²) < 4.78 is 0. The predicted molar refractivity (Wildman–Crippen MR) is 167 cm³/mol. The van der Waals surface area contributed by atoms with Crippen molar-refractivity contribution in [1.82, 2.24) is 20.4 Å². The van der Waals surface area contributed by atoms with Crippen molar-refractivity contribution < 1.29 is 34.8 Å².